The van der Waals surface area contributed by atoms with Crippen LogP contribution in [-0.2, 0) is 5.54 Å². The third-order valence-electron chi connectivity index (χ3n) is 6.79. The summed E-state index contributed by atoms with van der Waals surface area (Å²) in [6, 6.07) is 21.1. The molecule has 0 spiro atoms. The lowest BCUT2D eigenvalue weighted by atomic mass is 9.62. The lowest BCUT2D eigenvalue weighted by molar-refractivity contribution is 0.154. The molecular weight excluding hydrogens is 402 g/mol. The van der Waals surface area contributed by atoms with Gasteiger partial charge in [0.25, 0.3) is 0 Å². The van der Waals surface area contributed by atoms with Crippen molar-refractivity contribution in [2.24, 2.45) is 10.8 Å². The molecule has 2 aromatic carbocycles. The molecule has 1 fully saturated rings. The minimum Gasteiger partial charge on any atom is -0.508 e. The second-order valence-corrected chi connectivity index (χ2v) is 12.4. The van der Waals surface area contributed by atoms with Gasteiger partial charge in [0.05, 0.1) is 0 Å². The van der Waals surface area contributed by atoms with Crippen LogP contribution < -0.4 is 0 Å². The van der Waals surface area contributed by atoms with Crippen molar-refractivity contribution in [3.8, 4) is 17.0 Å². The van der Waals surface area contributed by atoms with Gasteiger partial charge >= 0.3 is 0 Å². The zero-order valence-corrected chi connectivity index (χ0v) is 21.4. The Hall–Kier alpha value is -2.74. The van der Waals surface area contributed by atoms with Crippen molar-refractivity contribution < 1.29 is 5.11 Å². The molecule has 0 bridgehead atoms. The zero-order chi connectivity index (χ0) is 24.0. The van der Waals surface area contributed by atoms with E-state index in [2.05, 4.69) is 108 Å². The number of rotatable bonds is 3. The molecule has 1 saturated carbocycles. The first-order valence-electron chi connectivity index (χ1n) is 12.1. The van der Waals surface area contributed by atoms with Crippen molar-refractivity contribution in [2.45, 2.75) is 73.3 Å². The van der Waals surface area contributed by atoms with Crippen LogP contribution in [0.5, 0.6) is 5.75 Å². The van der Waals surface area contributed by atoms with Crippen LogP contribution in [0.4, 0.5) is 0 Å². The molecule has 0 saturated heterocycles. The molecular formula is C31H39NO. The van der Waals surface area contributed by atoms with Crippen LogP contribution in [-0.4, -0.2) is 9.67 Å². The molecule has 0 radical (unpaired) electrons. The largest absolute Gasteiger partial charge is 0.508 e. The summed E-state index contributed by atoms with van der Waals surface area (Å²) in [6.45, 7) is 16.3. The highest BCUT2D eigenvalue weighted by atomic mass is 16.3. The van der Waals surface area contributed by atoms with Gasteiger partial charge in [0.1, 0.15) is 5.75 Å². The van der Waals surface area contributed by atoms with Gasteiger partial charge in [0.15, 0.2) is 0 Å². The van der Waals surface area contributed by atoms with E-state index >= 15 is 0 Å². The van der Waals surface area contributed by atoms with Gasteiger partial charge in [-0.1, -0.05) is 69.7 Å². The van der Waals surface area contributed by atoms with Crippen LogP contribution in [0.3, 0.4) is 0 Å². The zero-order valence-electron chi connectivity index (χ0n) is 21.4. The first-order valence-corrected chi connectivity index (χ1v) is 12.1. The van der Waals surface area contributed by atoms with E-state index in [1.54, 1.807) is 12.1 Å². The number of phenols is 1. The Morgan fingerprint density at radius 2 is 1.30 bits per heavy atom. The van der Waals surface area contributed by atoms with Crippen molar-refractivity contribution in [3.63, 3.8) is 0 Å². The Labute approximate surface area is 200 Å². The maximum Gasteiger partial charge on any atom is 0.115 e. The fourth-order valence-corrected chi connectivity index (χ4v) is 6.03. The summed E-state index contributed by atoms with van der Waals surface area (Å²) in [4.78, 5) is 0. The average molecular weight is 442 g/mol. The highest BCUT2D eigenvalue weighted by Crippen LogP contribution is 2.51. The molecule has 2 heteroatoms. The van der Waals surface area contributed by atoms with E-state index in [4.69, 9.17) is 0 Å². The predicted octanol–water partition coefficient (Wildman–Crippen LogP) is 8.65. The Bertz CT molecular complexity index is 1130. The first-order chi connectivity index (χ1) is 15.3. The van der Waals surface area contributed by atoms with E-state index in [-0.39, 0.29) is 16.4 Å². The van der Waals surface area contributed by atoms with Crippen molar-refractivity contribution in [1.82, 2.24) is 4.57 Å². The summed E-state index contributed by atoms with van der Waals surface area (Å²) in [5.74, 6) is 0.311. The van der Waals surface area contributed by atoms with Gasteiger partial charge in [-0.15, -0.1) is 0 Å². The van der Waals surface area contributed by atoms with Crippen molar-refractivity contribution in [3.05, 3.63) is 83.6 Å². The highest BCUT2D eigenvalue weighted by molar-refractivity contribution is 5.83. The van der Waals surface area contributed by atoms with Crippen molar-refractivity contribution in [1.29, 1.82) is 0 Å². The molecule has 1 aromatic heterocycles. The van der Waals surface area contributed by atoms with Crippen LogP contribution in [0.1, 0.15) is 78.9 Å². The Balaban J connectivity index is 1.83. The van der Waals surface area contributed by atoms with Crippen LogP contribution in [0.25, 0.3) is 16.8 Å². The second-order valence-electron chi connectivity index (χ2n) is 12.4. The molecule has 1 N–H and O–H groups in total. The third-order valence-corrected chi connectivity index (χ3v) is 6.79. The molecule has 0 aliphatic heterocycles. The van der Waals surface area contributed by atoms with Crippen molar-refractivity contribution >= 4 is 5.57 Å². The van der Waals surface area contributed by atoms with Crippen LogP contribution in [0.2, 0.25) is 0 Å². The SMILES string of the molecule is CC1(C)CC(=C(c2ccc(O)cc2)c2ccc(-c3cccn3C(C)(C)C)cc2)CC(C)(C)C1. The van der Waals surface area contributed by atoms with Gasteiger partial charge in [0.2, 0.25) is 0 Å². The van der Waals surface area contributed by atoms with Crippen LogP contribution in [0.15, 0.2) is 72.4 Å². The number of benzene rings is 2. The average Bonchev–Trinajstić information content (AvgIpc) is 3.18. The lowest BCUT2D eigenvalue weighted by Gasteiger charge is -2.43. The summed E-state index contributed by atoms with van der Waals surface area (Å²) < 4.78 is 2.34. The first kappa shape index (κ1) is 23.4. The van der Waals surface area contributed by atoms with Gasteiger partial charge in [-0.2, -0.15) is 0 Å². The van der Waals surface area contributed by atoms with Gasteiger partial charge < -0.3 is 9.67 Å². The normalized spacial score (nSPS) is 17.7. The fraction of sp³-hybridized carbons (Fsp3) is 0.419. The van der Waals surface area contributed by atoms with E-state index in [9.17, 15) is 5.11 Å². The van der Waals surface area contributed by atoms with E-state index in [0.29, 0.717) is 5.75 Å². The summed E-state index contributed by atoms with van der Waals surface area (Å²) in [6.07, 6.45) is 5.59. The molecule has 0 amide bonds. The molecule has 174 valence electrons. The van der Waals surface area contributed by atoms with Crippen LogP contribution >= 0.6 is 0 Å². The number of hydrogen-bond donors (Lipinski definition) is 1. The van der Waals surface area contributed by atoms with Gasteiger partial charge in [-0.05, 0) is 97.4 Å². The number of nitrogens with zero attached hydrogens (tertiary/aromatic N) is 1. The summed E-state index contributed by atoms with van der Waals surface area (Å²) in [5.41, 5.74) is 8.34. The molecule has 1 aliphatic rings. The van der Waals surface area contributed by atoms with Crippen LogP contribution in [0, 0.1) is 10.8 Å². The van der Waals surface area contributed by atoms with Gasteiger partial charge in [-0.25, -0.2) is 0 Å². The Morgan fingerprint density at radius 1 is 0.788 bits per heavy atom. The number of phenolic OH excluding ortho intramolecular Hbond substituents is 1. The minimum absolute atomic E-state index is 0.0376. The second kappa shape index (κ2) is 8.24. The summed E-state index contributed by atoms with van der Waals surface area (Å²) in [7, 11) is 0. The minimum atomic E-state index is 0.0376. The Kier molecular flexibility index (Phi) is 5.85. The van der Waals surface area contributed by atoms with Crippen molar-refractivity contribution in [2.75, 3.05) is 0 Å². The van der Waals surface area contributed by atoms with E-state index in [0.717, 1.165) is 12.8 Å². The number of aromatic hydroxyl groups is 1. The molecule has 0 atom stereocenters. The van der Waals surface area contributed by atoms with Gasteiger partial charge in [0, 0.05) is 17.4 Å². The summed E-state index contributed by atoms with van der Waals surface area (Å²) >= 11 is 0. The summed E-state index contributed by atoms with van der Waals surface area (Å²) in [5, 5.41) is 9.90. The Morgan fingerprint density at radius 3 is 1.82 bits per heavy atom. The highest BCUT2D eigenvalue weighted by Gasteiger charge is 2.37. The topological polar surface area (TPSA) is 25.2 Å². The van der Waals surface area contributed by atoms with Gasteiger partial charge in [-0.3, -0.25) is 0 Å². The van der Waals surface area contributed by atoms with E-state index in [1.807, 2.05) is 0 Å². The predicted molar refractivity (Wildman–Crippen MR) is 140 cm³/mol. The number of hydrogen-bond acceptors (Lipinski definition) is 1. The monoisotopic (exact) mass is 441 g/mol. The molecule has 1 aliphatic carbocycles. The van der Waals surface area contributed by atoms with E-state index in [1.165, 1.54) is 40.0 Å². The third kappa shape index (κ3) is 5.11. The molecule has 3 aromatic rings. The molecule has 0 unspecified atom stereocenters. The molecule has 4 rings (SSSR count). The quantitative estimate of drug-likeness (QED) is 0.432. The lowest BCUT2D eigenvalue weighted by Crippen LogP contribution is -2.30. The molecule has 2 nitrogen and oxygen atoms in total. The fourth-order valence-electron chi connectivity index (χ4n) is 6.03. The smallest absolute Gasteiger partial charge is 0.115 e. The maximum absolute atomic E-state index is 9.90. The maximum atomic E-state index is 9.90. The number of allylic oxidation sites excluding steroid dienone is 1. The molecule has 33 heavy (non-hydrogen) atoms. The molecule has 1 heterocycles. The number of aromatic nitrogens is 1. The van der Waals surface area contributed by atoms with E-state index < -0.39 is 0 Å². The standard InChI is InChI=1S/C31H39NO/c1-29(2,3)32-18-8-9-27(32)22-10-12-23(13-11-22)28(24-14-16-26(33)17-15-24)25-19-30(4,5)21-31(6,7)20-25/h8-18,33H,19-21H2,1-7H3.